The molecule has 0 radical (unpaired) electrons. The van der Waals surface area contributed by atoms with Crippen LogP contribution in [0.25, 0.3) is 123 Å². The van der Waals surface area contributed by atoms with Crippen molar-refractivity contribution >= 4 is 43.6 Å². The second-order valence-corrected chi connectivity index (χ2v) is 16.7. The van der Waals surface area contributed by atoms with Crippen molar-refractivity contribution in [2.24, 2.45) is 0 Å². The van der Waals surface area contributed by atoms with Crippen LogP contribution >= 0.6 is 0 Å². The molecule has 13 rings (SSSR count). The van der Waals surface area contributed by atoms with Gasteiger partial charge in [0.1, 0.15) is 0 Å². The third-order valence-electron chi connectivity index (χ3n) is 12.6. The Morgan fingerprint density at radius 1 is 0.250 bits per heavy atom. The maximum absolute atomic E-state index is 5.29. The maximum atomic E-state index is 5.29. The first-order chi connectivity index (χ1) is 33.7. The summed E-state index contributed by atoms with van der Waals surface area (Å²) >= 11 is 0. The summed E-state index contributed by atoms with van der Waals surface area (Å²) in [7, 11) is 0. The predicted molar refractivity (Wildman–Crippen MR) is 275 cm³/mol. The molecule has 0 aliphatic heterocycles. The Kier molecular flexibility index (Phi) is 9.31. The summed E-state index contributed by atoms with van der Waals surface area (Å²) in [6.45, 7) is 0. The fourth-order valence-electron chi connectivity index (χ4n) is 9.55. The van der Waals surface area contributed by atoms with E-state index < -0.39 is 0 Å². The lowest BCUT2D eigenvalue weighted by Crippen LogP contribution is -2.07. The van der Waals surface area contributed by atoms with Crippen LogP contribution in [0.1, 0.15) is 0 Å². The molecule has 0 atom stereocenters. The molecule has 318 valence electrons. The summed E-state index contributed by atoms with van der Waals surface area (Å²) in [6, 6.07) is 79.2. The summed E-state index contributed by atoms with van der Waals surface area (Å²) in [6.07, 6.45) is 0. The van der Waals surface area contributed by atoms with Gasteiger partial charge in [-0.2, -0.15) is 9.97 Å². The van der Waals surface area contributed by atoms with E-state index in [9.17, 15) is 0 Å². The van der Waals surface area contributed by atoms with Crippen molar-refractivity contribution in [1.82, 2.24) is 39.0 Å². The topological polar surface area (TPSA) is 87.2 Å². The maximum Gasteiger partial charge on any atom is 0.238 e. The molecule has 68 heavy (non-hydrogen) atoms. The average Bonchev–Trinajstić information content (AvgIpc) is 3.95. The van der Waals surface area contributed by atoms with Gasteiger partial charge in [-0.25, -0.2) is 19.9 Å². The highest BCUT2D eigenvalue weighted by atomic mass is 15.2. The lowest BCUT2D eigenvalue weighted by molar-refractivity contribution is 0.953. The van der Waals surface area contributed by atoms with Crippen LogP contribution in [0.5, 0.6) is 0 Å². The van der Waals surface area contributed by atoms with Crippen LogP contribution in [0.2, 0.25) is 0 Å². The average molecular weight is 871 g/mol. The second kappa shape index (κ2) is 16.2. The van der Waals surface area contributed by atoms with E-state index in [4.69, 9.17) is 29.9 Å². The molecule has 0 N–H and O–H groups in total. The summed E-state index contributed by atoms with van der Waals surface area (Å²) in [5.41, 5.74) is 11.7. The van der Waals surface area contributed by atoms with Crippen molar-refractivity contribution in [2.75, 3.05) is 0 Å². The Morgan fingerprint density at radius 2 is 0.647 bits per heavy atom. The van der Waals surface area contributed by atoms with E-state index in [1.54, 1.807) is 0 Å². The molecule has 0 aliphatic rings. The first-order valence-corrected chi connectivity index (χ1v) is 22.6. The van der Waals surface area contributed by atoms with Gasteiger partial charge >= 0.3 is 0 Å². The van der Waals surface area contributed by atoms with Crippen molar-refractivity contribution in [1.29, 1.82) is 0 Å². The number of hydrogen-bond donors (Lipinski definition) is 0. The molecule has 0 saturated carbocycles. The fourth-order valence-corrected chi connectivity index (χ4v) is 9.55. The highest BCUT2D eigenvalue weighted by Crippen LogP contribution is 2.42. The van der Waals surface area contributed by atoms with Crippen molar-refractivity contribution in [3.63, 3.8) is 0 Å². The van der Waals surface area contributed by atoms with Gasteiger partial charge in [0, 0.05) is 55.0 Å². The molecule has 8 nitrogen and oxygen atoms in total. The first-order valence-electron chi connectivity index (χ1n) is 22.6. The van der Waals surface area contributed by atoms with Crippen LogP contribution in [0.3, 0.4) is 0 Å². The Hall–Kier alpha value is -9.40. The molecule has 0 aliphatic carbocycles. The number of hydrogen-bond acceptors (Lipinski definition) is 6. The molecule has 0 saturated heterocycles. The number of aromatic nitrogens is 8. The predicted octanol–water partition coefficient (Wildman–Crippen LogP) is 14.3. The Bertz CT molecular complexity index is 3960. The van der Waals surface area contributed by atoms with Gasteiger partial charge in [-0.1, -0.05) is 206 Å². The van der Waals surface area contributed by atoms with Crippen molar-refractivity contribution in [3.05, 3.63) is 231 Å². The van der Waals surface area contributed by atoms with E-state index in [0.29, 0.717) is 35.1 Å². The number of benzene rings is 9. The van der Waals surface area contributed by atoms with Crippen LogP contribution in [0.15, 0.2) is 231 Å². The highest BCUT2D eigenvalue weighted by Gasteiger charge is 2.24. The first kappa shape index (κ1) is 39.0. The second-order valence-electron chi connectivity index (χ2n) is 16.7. The van der Waals surface area contributed by atoms with Crippen LogP contribution in [0, 0.1) is 0 Å². The molecule has 9 aromatic carbocycles. The lowest BCUT2D eigenvalue weighted by atomic mass is 9.99. The number of rotatable bonds is 8. The van der Waals surface area contributed by atoms with Crippen molar-refractivity contribution in [3.8, 4) is 79.7 Å². The zero-order chi connectivity index (χ0) is 45.0. The van der Waals surface area contributed by atoms with Gasteiger partial charge in [0.15, 0.2) is 29.1 Å². The van der Waals surface area contributed by atoms with E-state index >= 15 is 0 Å². The molecule has 0 unspecified atom stereocenters. The molecule has 4 aromatic heterocycles. The largest absolute Gasteiger partial charge is 0.307 e. The summed E-state index contributed by atoms with van der Waals surface area (Å²) in [5, 5.41) is 4.42. The normalized spacial score (nSPS) is 11.5. The van der Waals surface area contributed by atoms with Crippen molar-refractivity contribution in [2.45, 2.75) is 0 Å². The molecule has 0 amide bonds. The molecule has 0 fully saturated rings. The van der Waals surface area contributed by atoms with Crippen LogP contribution in [0.4, 0.5) is 0 Å². The van der Waals surface area contributed by atoms with E-state index in [0.717, 1.165) is 88.2 Å². The molecule has 13 aromatic rings. The van der Waals surface area contributed by atoms with Crippen LogP contribution < -0.4 is 0 Å². The van der Waals surface area contributed by atoms with Crippen LogP contribution in [-0.2, 0) is 0 Å². The molecule has 8 heteroatoms. The zero-order valence-electron chi connectivity index (χ0n) is 36.5. The molecule has 0 bridgehead atoms. The van der Waals surface area contributed by atoms with Gasteiger partial charge in [-0.05, 0) is 35.4 Å². The monoisotopic (exact) mass is 870 g/mol. The number of fused-ring (bicyclic) bond motifs is 7. The Labute approximate surface area is 391 Å². The lowest BCUT2D eigenvalue weighted by Gasteiger charge is -2.14. The smallest absolute Gasteiger partial charge is 0.238 e. The van der Waals surface area contributed by atoms with Crippen LogP contribution in [-0.4, -0.2) is 39.0 Å². The standard InChI is InChI=1S/C60H38N8/c1-5-20-39(21-6-1)45-30-13-14-33-50(45)59-63-55(40-22-7-2-8-23-40)61-58(64-59)43-28-19-29-44(38-43)67-51-34-17-15-31-46(51)48-36-37-49-47-32-16-18-35-52(47)68(54(49)53(48)67)60-65-56(41-24-9-3-10-25-41)62-57(66-60)42-26-11-4-12-27-42/h1-38H. The molecule has 4 heterocycles. The van der Waals surface area contributed by atoms with E-state index in [1.807, 2.05) is 103 Å². The van der Waals surface area contributed by atoms with E-state index in [2.05, 4.69) is 137 Å². The SMILES string of the molecule is c1ccc(-c2nc(-c3cccc(-n4c5ccccc5c5ccc6c7ccccc7n(-c7nc(-c8ccccc8)nc(-c8ccccc8)n7)c6c54)c3)nc(-c3ccccc3-c3ccccc3)n2)cc1. The van der Waals surface area contributed by atoms with E-state index in [-0.39, 0.29) is 0 Å². The molecule has 0 spiro atoms. The summed E-state index contributed by atoms with van der Waals surface area (Å²) in [5.74, 6) is 3.50. The van der Waals surface area contributed by atoms with Gasteiger partial charge in [0.25, 0.3) is 0 Å². The van der Waals surface area contributed by atoms with Crippen molar-refractivity contribution < 1.29 is 0 Å². The van der Waals surface area contributed by atoms with Gasteiger partial charge in [0.05, 0.1) is 22.1 Å². The minimum Gasteiger partial charge on any atom is -0.307 e. The number of para-hydroxylation sites is 2. The Morgan fingerprint density at radius 3 is 1.21 bits per heavy atom. The Balaban J connectivity index is 1.07. The van der Waals surface area contributed by atoms with Gasteiger partial charge in [-0.15, -0.1) is 0 Å². The third-order valence-corrected chi connectivity index (χ3v) is 12.6. The minimum absolute atomic E-state index is 0.531. The van der Waals surface area contributed by atoms with Gasteiger partial charge in [-0.3, -0.25) is 4.57 Å². The molecular formula is C60H38N8. The quantitative estimate of drug-likeness (QED) is 0.151. The van der Waals surface area contributed by atoms with Gasteiger partial charge < -0.3 is 4.57 Å². The van der Waals surface area contributed by atoms with E-state index in [1.165, 1.54) is 0 Å². The van der Waals surface area contributed by atoms with Gasteiger partial charge in [0.2, 0.25) is 5.95 Å². The third kappa shape index (κ3) is 6.62. The molecular weight excluding hydrogens is 833 g/mol. The number of nitrogens with zero attached hydrogens (tertiary/aromatic N) is 8. The fraction of sp³-hybridized carbons (Fsp3) is 0. The highest BCUT2D eigenvalue weighted by molar-refractivity contribution is 6.23. The summed E-state index contributed by atoms with van der Waals surface area (Å²) < 4.78 is 4.59. The zero-order valence-corrected chi connectivity index (χ0v) is 36.5. The minimum atomic E-state index is 0.531. The summed E-state index contributed by atoms with van der Waals surface area (Å²) in [4.78, 5) is 31.2.